The zero-order chi connectivity index (χ0) is 14.5. The molecule has 6 heteroatoms. The lowest BCUT2D eigenvalue weighted by Gasteiger charge is -2.13. The van der Waals surface area contributed by atoms with Crippen molar-refractivity contribution in [2.24, 2.45) is 4.99 Å². The lowest BCUT2D eigenvalue weighted by atomic mass is 10.4. The Kier molecular flexibility index (Phi) is 11.0. The number of guanidine groups is 1. The molecule has 0 fully saturated rings. The molecule has 2 N–H and O–H groups in total. The lowest BCUT2D eigenvalue weighted by molar-refractivity contribution is -0.127. The van der Waals surface area contributed by atoms with E-state index in [0.29, 0.717) is 5.96 Å². The highest BCUT2D eigenvalue weighted by atomic mass is 16.5. The third-order valence-electron chi connectivity index (χ3n) is 2.38. The number of carbonyl (C=O) groups excluding carboxylic acids is 1. The Labute approximate surface area is 116 Å². The number of nitrogens with one attached hydrogen (secondary N) is 2. The van der Waals surface area contributed by atoms with Crippen LogP contribution in [-0.4, -0.2) is 63.7 Å². The summed E-state index contributed by atoms with van der Waals surface area (Å²) in [6.07, 6.45) is 1.93. The summed E-state index contributed by atoms with van der Waals surface area (Å²) in [6, 6.07) is 0. The van der Waals surface area contributed by atoms with Crippen LogP contribution in [0.5, 0.6) is 0 Å². The number of ether oxygens (including phenoxy) is 1. The van der Waals surface area contributed by atoms with Gasteiger partial charge in [-0.2, -0.15) is 0 Å². The molecule has 0 spiro atoms. The van der Waals surface area contributed by atoms with Crippen LogP contribution in [0.3, 0.4) is 0 Å². The largest absolute Gasteiger partial charge is 0.382 e. The van der Waals surface area contributed by atoms with Gasteiger partial charge in [-0.15, -0.1) is 0 Å². The SMILES string of the molecule is CCCNC(=NCC(=O)N(C)C)NCCCOCC. The van der Waals surface area contributed by atoms with Gasteiger partial charge in [0.15, 0.2) is 5.96 Å². The molecule has 0 unspecified atom stereocenters. The molecule has 0 radical (unpaired) electrons. The molecule has 0 aromatic heterocycles. The molecule has 0 atom stereocenters. The number of aliphatic imine (C=N–C) groups is 1. The van der Waals surface area contributed by atoms with E-state index in [-0.39, 0.29) is 12.5 Å². The van der Waals surface area contributed by atoms with E-state index < -0.39 is 0 Å². The van der Waals surface area contributed by atoms with Gasteiger partial charge in [0.1, 0.15) is 6.54 Å². The maximum Gasteiger partial charge on any atom is 0.243 e. The van der Waals surface area contributed by atoms with E-state index in [1.54, 1.807) is 14.1 Å². The predicted octanol–water partition coefficient (Wildman–Crippen LogP) is 0.446. The molecule has 0 aromatic carbocycles. The van der Waals surface area contributed by atoms with Gasteiger partial charge in [-0.05, 0) is 19.8 Å². The number of hydrogen-bond donors (Lipinski definition) is 2. The van der Waals surface area contributed by atoms with Crippen LogP contribution in [0, 0.1) is 0 Å². The van der Waals surface area contributed by atoms with Gasteiger partial charge in [-0.25, -0.2) is 4.99 Å². The maximum absolute atomic E-state index is 11.5. The van der Waals surface area contributed by atoms with Crippen LogP contribution >= 0.6 is 0 Å². The summed E-state index contributed by atoms with van der Waals surface area (Å²) in [7, 11) is 3.46. The molecule has 0 aliphatic rings. The van der Waals surface area contributed by atoms with Crippen molar-refractivity contribution in [2.75, 3.05) is 46.9 Å². The normalized spacial score (nSPS) is 11.3. The molecular weight excluding hydrogens is 244 g/mol. The highest BCUT2D eigenvalue weighted by Crippen LogP contribution is 1.84. The Morgan fingerprint density at radius 2 is 1.89 bits per heavy atom. The molecule has 0 saturated carbocycles. The van der Waals surface area contributed by atoms with E-state index in [9.17, 15) is 4.79 Å². The van der Waals surface area contributed by atoms with Gasteiger partial charge < -0.3 is 20.3 Å². The van der Waals surface area contributed by atoms with E-state index in [1.165, 1.54) is 4.90 Å². The third-order valence-corrected chi connectivity index (χ3v) is 2.38. The first-order chi connectivity index (χ1) is 9.11. The van der Waals surface area contributed by atoms with Crippen molar-refractivity contribution in [1.29, 1.82) is 0 Å². The van der Waals surface area contributed by atoms with E-state index in [0.717, 1.165) is 39.1 Å². The second-order valence-corrected chi connectivity index (χ2v) is 4.36. The third kappa shape index (κ3) is 10.3. The van der Waals surface area contributed by atoms with Crippen molar-refractivity contribution < 1.29 is 9.53 Å². The topological polar surface area (TPSA) is 66.0 Å². The molecule has 0 aromatic rings. The quantitative estimate of drug-likeness (QED) is 0.363. The molecule has 0 saturated heterocycles. The van der Waals surface area contributed by atoms with E-state index in [1.807, 2.05) is 6.92 Å². The molecule has 0 aliphatic carbocycles. The standard InChI is InChI=1S/C13H28N4O2/c1-5-8-14-13(15-9-7-10-19-6-2)16-11-12(18)17(3)4/h5-11H2,1-4H3,(H2,14,15,16). The molecule has 112 valence electrons. The van der Waals surface area contributed by atoms with Crippen molar-refractivity contribution >= 4 is 11.9 Å². The Bertz CT molecular complexity index is 267. The minimum Gasteiger partial charge on any atom is -0.382 e. The van der Waals surface area contributed by atoms with E-state index in [2.05, 4.69) is 22.5 Å². The Morgan fingerprint density at radius 3 is 2.47 bits per heavy atom. The fraction of sp³-hybridized carbons (Fsp3) is 0.846. The molecule has 0 rings (SSSR count). The Balaban J connectivity index is 4.06. The minimum absolute atomic E-state index is 0.00749. The monoisotopic (exact) mass is 272 g/mol. The van der Waals surface area contributed by atoms with E-state index in [4.69, 9.17) is 4.74 Å². The number of amides is 1. The second-order valence-electron chi connectivity index (χ2n) is 4.36. The van der Waals surface area contributed by atoms with Gasteiger partial charge >= 0.3 is 0 Å². The smallest absolute Gasteiger partial charge is 0.243 e. The summed E-state index contributed by atoms with van der Waals surface area (Å²) in [5, 5.41) is 6.38. The molecule has 0 heterocycles. The highest BCUT2D eigenvalue weighted by Gasteiger charge is 2.03. The molecule has 0 aliphatic heterocycles. The molecule has 6 nitrogen and oxygen atoms in total. The van der Waals surface area contributed by atoms with Crippen molar-refractivity contribution in [3.05, 3.63) is 0 Å². The first kappa shape index (κ1) is 17.7. The number of likely N-dealkylation sites (N-methyl/N-ethyl adjacent to an activating group) is 1. The summed E-state index contributed by atoms with van der Waals surface area (Å²) in [5.41, 5.74) is 0. The number of carbonyl (C=O) groups is 1. The molecular formula is C13H28N4O2. The fourth-order valence-corrected chi connectivity index (χ4v) is 1.23. The average Bonchev–Trinajstić information content (AvgIpc) is 2.40. The van der Waals surface area contributed by atoms with Gasteiger partial charge in [0.2, 0.25) is 5.91 Å². The zero-order valence-corrected chi connectivity index (χ0v) is 12.7. The van der Waals surface area contributed by atoms with E-state index >= 15 is 0 Å². The number of hydrogen-bond acceptors (Lipinski definition) is 3. The predicted molar refractivity (Wildman–Crippen MR) is 78.4 cm³/mol. The first-order valence-electron chi connectivity index (χ1n) is 6.91. The zero-order valence-electron chi connectivity index (χ0n) is 12.7. The lowest BCUT2D eigenvalue weighted by Crippen LogP contribution is -2.39. The average molecular weight is 272 g/mol. The summed E-state index contributed by atoms with van der Waals surface area (Å²) in [6.45, 7) is 7.34. The minimum atomic E-state index is -0.00749. The maximum atomic E-state index is 11.5. The van der Waals surface area contributed by atoms with Gasteiger partial charge in [0.05, 0.1) is 0 Å². The van der Waals surface area contributed by atoms with Crippen LogP contribution in [0.2, 0.25) is 0 Å². The van der Waals surface area contributed by atoms with Crippen molar-refractivity contribution in [3.63, 3.8) is 0 Å². The molecule has 0 bridgehead atoms. The van der Waals surface area contributed by atoms with Gasteiger partial charge in [0, 0.05) is 40.4 Å². The Hall–Kier alpha value is -1.30. The van der Waals surface area contributed by atoms with Crippen LogP contribution in [0.15, 0.2) is 4.99 Å². The van der Waals surface area contributed by atoms with Gasteiger partial charge in [-0.1, -0.05) is 6.92 Å². The molecule has 19 heavy (non-hydrogen) atoms. The summed E-state index contributed by atoms with van der Waals surface area (Å²) in [5.74, 6) is 0.681. The van der Waals surface area contributed by atoms with Crippen LogP contribution in [-0.2, 0) is 9.53 Å². The summed E-state index contributed by atoms with van der Waals surface area (Å²) >= 11 is 0. The van der Waals surface area contributed by atoms with Crippen LogP contribution in [0.4, 0.5) is 0 Å². The Morgan fingerprint density at radius 1 is 1.21 bits per heavy atom. The van der Waals surface area contributed by atoms with Crippen molar-refractivity contribution in [2.45, 2.75) is 26.7 Å². The fourth-order valence-electron chi connectivity index (χ4n) is 1.23. The first-order valence-corrected chi connectivity index (χ1v) is 6.91. The van der Waals surface area contributed by atoms with Crippen LogP contribution < -0.4 is 10.6 Å². The number of nitrogens with zero attached hydrogens (tertiary/aromatic N) is 2. The summed E-state index contributed by atoms with van der Waals surface area (Å²) < 4.78 is 5.27. The van der Waals surface area contributed by atoms with Crippen molar-refractivity contribution in [3.8, 4) is 0 Å². The second kappa shape index (κ2) is 11.8. The molecule has 1 amide bonds. The van der Waals surface area contributed by atoms with Crippen LogP contribution in [0.25, 0.3) is 0 Å². The van der Waals surface area contributed by atoms with Gasteiger partial charge in [0.25, 0.3) is 0 Å². The number of rotatable bonds is 9. The summed E-state index contributed by atoms with van der Waals surface area (Å²) in [4.78, 5) is 17.3. The van der Waals surface area contributed by atoms with Gasteiger partial charge in [-0.3, -0.25) is 4.79 Å². The van der Waals surface area contributed by atoms with Crippen LogP contribution in [0.1, 0.15) is 26.7 Å². The van der Waals surface area contributed by atoms with Crippen molar-refractivity contribution in [1.82, 2.24) is 15.5 Å². The highest BCUT2D eigenvalue weighted by molar-refractivity contribution is 5.84.